The molecule has 1 aliphatic rings. The first kappa shape index (κ1) is 17.9. The van der Waals surface area contributed by atoms with Gasteiger partial charge >= 0.3 is 0 Å². The summed E-state index contributed by atoms with van der Waals surface area (Å²) in [6.45, 7) is 3.92. The van der Waals surface area contributed by atoms with Gasteiger partial charge in [0, 0.05) is 46.0 Å². The highest BCUT2D eigenvalue weighted by Gasteiger charge is 2.22. The minimum atomic E-state index is 0.234. The second-order valence-electron chi connectivity index (χ2n) is 6.87. The van der Waals surface area contributed by atoms with E-state index < -0.39 is 0 Å². The summed E-state index contributed by atoms with van der Waals surface area (Å²) in [6, 6.07) is 3.56. The first-order valence-electron chi connectivity index (χ1n) is 9.16. The van der Waals surface area contributed by atoms with Gasteiger partial charge in [-0.1, -0.05) is 11.6 Å². The third kappa shape index (κ3) is 3.38. The van der Waals surface area contributed by atoms with Crippen LogP contribution >= 0.6 is 11.6 Å². The van der Waals surface area contributed by atoms with Gasteiger partial charge in [0.15, 0.2) is 5.76 Å². The molecular weight excluding hydrogens is 396 g/mol. The molecule has 1 fully saturated rings. The van der Waals surface area contributed by atoms with Crippen molar-refractivity contribution >= 4 is 29.3 Å². The topological polar surface area (TPSA) is 119 Å². The number of fused-ring (bicyclic) bond motifs is 1. The van der Waals surface area contributed by atoms with Gasteiger partial charge in [0.2, 0.25) is 17.7 Å². The Kier molecular flexibility index (Phi) is 4.32. The van der Waals surface area contributed by atoms with Crippen LogP contribution in [0.25, 0.3) is 17.4 Å². The quantitative estimate of drug-likeness (QED) is 0.522. The number of nitrogens with two attached hydrogens (primary N) is 1. The first-order chi connectivity index (χ1) is 14.1. The second-order valence-corrected chi connectivity index (χ2v) is 7.27. The number of furan rings is 1. The molecule has 1 saturated heterocycles. The van der Waals surface area contributed by atoms with Crippen molar-refractivity contribution < 1.29 is 4.42 Å². The molecule has 29 heavy (non-hydrogen) atoms. The van der Waals surface area contributed by atoms with E-state index in [1.807, 2.05) is 13.2 Å². The second kappa shape index (κ2) is 7.01. The van der Waals surface area contributed by atoms with Gasteiger partial charge in [-0.05, 0) is 12.1 Å². The van der Waals surface area contributed by atoms with E-state index in [1.54, 1.807) is 23.1 Å². The normalized spacial score (nSPS) is 15.4. The zero-order valence-electron chi connectivity index (χ0n) is 15.7. The summed E-state index contributed by atoms with van der Waals surface area (Å²) >= 11 is 6.22. The number of hydrogen-bond donors (Lipinski definition) is 1. The third-order valence-electron chi connectivity index (χ3n) is 4.85. The molecule has 0 saturated carbocycles. The Balaban J connectivity index is 1.32. The van der Waals surface area contributed by atoms with Gasteiger partial charge in [0.25, 0.3) is 5.78 Å². The molecule has 2 N–H and O–H groups in total. The Bertz CT molecular complexity index is 1140. The molecule has 0 atom stereocenters. The predicted molar refractivity (Wildman–Crippen MR) is 106 cm³/mol. The molecule has 4 aromatic rings. The largest absolute Gasteiger partial charge is 0.461 e. The van der Waals surface area contributed by atoms with Crippen molar-refractivity contribution in [2.75, 3.05) is 36.8 Å². The SMILES string of the molecule is Cn1cc(Cl)c(CN2CCN(c3nc(N)n4nc(-c5ccco5)nc4n3)CC2)n1. The van der Waals surface area contributed by atoms with Crippen LogP contribution in [0.2, 0.25) is 5.02 Å². The lowest BCUT2D eigenvalue weighted by Gasteiger charge is -2.34. The molecule has 11 nitrogen and oxygen atoms in total. The van der Waals surface area contributed by atoms with E-state index >= 15 is 0 Å². The summed E-state index contributed by atoms with van der Waals surface area (Å²) < 4.78 is 8.50. The van der Waals surface area contributed by atoms with Gasteiger partial charge in [0.1, 0.15) is 0 Å². The fraction of sp³-hybridized carbons (Fsp3) is 0.353. The third-order valence-corrected chi connectivity index (χ3v) is 5.16. The lowest BCUT2D eigenvalue weighted by atomic mass is 10.3. The van der Waals surface area contributed by atoms with Crippen molar-refractivity contribution in [2.24, 2.45) is 7.05 Å². The van der Waals surface area contributed by atoms with Crippen LogP contribution in [0.15, 0.2) is 29.0 Å². The Morgan fingerprint density at radius 1 is 1.14 bits per heavy atom. The molecule has 1 aliphatic heterocycles. The average Bonchev–Trinajstić information content (AvgIpc) is 3.43. The standard InChI is InChI=1S/C17H19ClN10O/c1-25-9-11(18)12(23-25)10-26-4-6-27(7-5-26)16-21-15(19)28-17(22-16)20-14(24-28)13-3-2-8-29-13/h2-3,8-9H,4-7,10H2,1H3,(H2,19,20,21,22,24). The minimum absolute atomic E-state index is 0.234. The van der Waals surface area contributed by atoms with Crippen molar-refractivity contribution in [2.45, 2.75) is 6.54 Å². The molecule has 0 aromatic carbocycles. The van der Waals surface area contributed by atoms with Crippen LogP contribution in [-0.2, 0) is 13.6 Å². The summed E-state index contributed by atoms with van der Waals surface area (Å²) in [4.78, 5) is 17.8. The number of piperazine rings is 1. The van der Waals surface area contributed by atoms with E-state index in [0.29, 0.717) is 34.9 Å². The van der Waals surface area contributed by atoms with Crippen LogP contribution in [0.3, 0.4) is 0 Å². The Morgan fingerprint density at radius 2 is 1.97 bits per heavy atom. The highest BCUT2D eigenvalue weighted by molar-refractivity contribution is 6.31. The lowest BCUT2D eigenvalue weighted by molar-refractivity contribution is 0.245. The number of rotatable bonds is 4. The van der Waals surface area contributed by atoms with Gasteiger partial charge in [0.05, 0.1) is 17.0 Å². The van der Waals surface area contributed by atoms with E-state index in [4.69, 9.17) is 21.8 Å². The van der Waals surface area contributed by atoms with Crippen LogP contribution in [0.1, 0.15) is 5.69 Å². The highest BCUT2D eigenvalue weighted by Crippen LogP contribution is 2.20. The van der Waals surface area contributed by atoms with Crippen LogP contribution in [-0.4, -0.2) is 65.4 Å². The molecule has 150 valence electrons. The summed E-state index contributed by atoms with van der Waals surface area (Å²) in [5.74, 6) is 2.15. The monoisotopic (exact) mass is 414 g/mol. The highest BCUT2D eigenvalue weighted by atomic mass is 35.5. The number of hydrogen-bond acceptors (Lipinski definition) is 9. The van der Waals surface area contributed by atoms with Crippen LogP contribution in [0, 0.1) is 0 Å². The molecule has 5 rings (SSSR count). The maximum Gasteiger partial charge on any atom is 0.259 e. The lowest BCUT2D eigenvalue weighted by Crippen LogP contribution is -2.46. The molecule has 12 heteroatoms. The smallest absolute Gasteiger partial charge is 0.259 e. The molecule has 4 aromatic heterocycles. The summed E-state index contributed by atoms with van der Waals surface area (Å²) in [5.41, 5.74) is 6.98. The molecule has 0 unspecified atom stereocenters. The fourth-order valence-corrected chi connectivity index (χ4v) is 3.62. The molecule has 0 bridgehead atoms. The molecule has 0 radical (unpaired) electrons. The zero-order valence-corrected chi connectivity index (χ0v) is 16.5. The van der Waals surface area contributed by atoms with E-state index in [0.717, 1.165) is 31.9 Å². The van der Waals surface area contributed by atoms with Gasteiger partial charge < -0.3 is 15.1 Å². The maximum absolute atomic E-state index is 6.22. The molecule has 5 heterocycles. The predicted octanol–water partition coefficient (Wildman–Crippen LogP) is 1.07. The van der Waals surface area contributed by atoms with Crippen molar-refractivity contribution in [3.8, 4) is 11.6 Å². The van der Waals surface area contributed by atoms with Gasteiger partial charge in [-0.25, -0.2) is 0 Å². The van der Waals surface area contributed by atoms with E-state index in [-0.39, 0.29) is 5.95 Å². The van der Waals surface area contributed by atoms with Crippen LogP contribution in [0.5, 0.6) is 0 Å². The number of aromatic nitrogens is 7. The van der Waals surface area contributed by atoms with Crippen molar-refractivity contribution in [1.29, 1.82) is 0 Å². The van der Waals surface area contributed by atoms with Gasteiger partial charge in [-0.3, -0.25) is 9.58 Å². The Hall–Kier alpha value is -3.18. The Labute approximate surface area is 170 Å². The van der Waals surface area contributed by atoms with Crippen molar-refractivity contribution in [1.82, 2.24) is 39.2 Å². The average molecular weight is 415 g/mol. The summed E-state index contributed by atoms with van der Waals surface area (Å²) in [7, 11) is 1.87. The number of anilines is 2. The summed E-state index contributed by atoms with van der Waals surface area (Å²) in [6.07, 6.45) is 3.38. The fourth-order valence-electron chi connectivity index (χ4n) is 3.38. The molecule has 0 spiro atoms. The number of nitrogen functional groups attached to an aromatic ring is 1. The Morgan fingerprint density at radius 3 is 2.66 bits per heavy atom. The molecule has 0 aliphatic carbocycles. The van der Waals surface area contributed by atoms with Crippen LogP contribution in [0.4, 0.5) is 11.9 Å². The minimum Gasteiger partial charge on any atom is -0.461 e. The van der Waals surface area contributed by atoms with Gasteiger partial charge in [-0.15, -0.1) is 5.10 Å². The number of nitrogens with zero attached hydrogens (tertiary/aromatic N) is 9. The van der Waals surface area contributed by atoms with Crippen molar-refractivity contribution in [3.05, 3.63) is 35.3 Å². The van der Waals surface area contributed by atoms with E-state index in [9.17, 15) is 0 Å². The van der Waals surface area contributed by atoms with Crippen molar-refractivity contribution in [3.63, 3.8) is 0 Å². The molecule has 0 amide bonds. The maximum atomic E-state index is 6.22. The van der Waals surface area contributed by atoms with Crippen LogP contribution < -0.4 is 10.6 Å². The number of halogens is 1. The van der Waals surface area contributed by atoms with E-state index in [2.05, 4.69) is 34.9 Å². The van der Waals surface area contributed by atoms with Gasteiger partial charge in [-0.2, -0.15) is 24.6 Å². The molecular formula is C17H19ClN10O. The first-order valence-corrected chi connectivity index (χ1v) is 9.54. The summed E-state index contributed by atoms with van der Waals surface area (Å²) in [5, 5.41) is 9.43. The zero-order chi connectivity index (χ0) is 20.0. The van der Waals surface area contributed by atoms with E-state index in [1.165, 1.54) is 4.52 Å². The number of aryl methyl sites for hydroxylation is 1.